The van der Waals surface area contributed by atoms with Crippen molar-refractivity contribution in [2.24, 2.45) is 0 Å². The van der Waals surface area contributed by atoms with E-state index in [-0.39, 0.29) is 11.6 Å². The van der Waals surface area contributed by atoms with Crippen LogP contribution in [0, 0.1) is 0 Å². The molecule has 1 aromatic heterocycles. The Labute approximate surface area is 129 Å². The van der Waals surface area contributed by atoms with Gasteiger partial charge in [0.2, 0.25) is 0 Å². The van der Waals surface area contributed by atoms with Gasteiger partial charge in [-0.15, -0.1) is 0 Å². The Kier molecular flexibility index (Phi) is 3.83. The van der Waals surface area contributed by atoms with Gasteiger partial charge in [0.1, 0.15) is 11.0 Å². The highest BCUT2D eigenvalue weighted by molar-refractivity contribution is 6.29. The second-order valence-electron chi connectivity index (χ2n) is 5.66. The predicted octanol–water partition coefficient (Wildman–Crippen LogP) is 3.49. The first-order valence-electron chi connectivity index (χ1n) is 7.01. The summed E-state index contributed by atoms with van der Waals surface area (Å²) >= 11 is 6.00. The second-order valence-corrected chi connectivity index (χ2v) is 6.05. The van der Waals surface area contributed by atoms with Crippen LogP contribution in [-0.2, 0) is 4.74 Å². The minimum Gasteiger partial charge on any atom is -0.371 e. The largest absolute Gasteiger partial charge is 0.371 e. The molecule has 1 aromatic carbocycles. The number of halogens is 1. The number of ether oxygens (including phenoxy) is 1. The summed E-state index contributed by atoms with van der Waals surface area (Å²) in [6, 6.07) is 10.4. The third kappa shape index (κ3) is 2.87. The maximum absolute atomic E-state index is 6.00. The van der Waals surface area contributed by atoms with Gasteiger partial charge in [-0.05, 0) is 19.4 Å². The van der Waals surface area contributed by atoms with Crippen molar-refractivity contribution >= 4 is 17.4 Å². The lowest BCUT2D eigenvalue weighted by Crippen LogP contribution is -2.51. The quantitative estimate of drug-likeness (QED) is 0.851. The molecule has 1 saturated heterocycles. The fourth-order valence-electron chi connectivity index (χ4n) is 2.92. The van der Waals surface area contributed by atoms with Gasteiger partial charge < -0.3 is 9.64 Å². The molecule has 0 bridgehead atoms. The van der Waals surface area contributed by atoms with Gasteiger partial charge in [-0.1, -0.05) is 41.9 Å². The van der Waals surface area contributed by atoms with E-state index in [1.165, 1.54) is 5.56 Å². The topological polar surface area (TPSA) is 38.2 Å². The molecule has 4 nitrogen and oxygen atoms in total. The third-order valence-corrected chi connectivity index (χ3v) is 3.96. The first kappa shape index (κ1) is 14.3. The molecule has 0 amide bonds. The second kappa shape index (κ2) is 5.62. The normalized spacial score (nSPS) is 21.3. The van der Waals surface area contributed by atoms with E-state index in [1.54, 1.807) is 12.4 Å². The molecule has 1 unspecified atom stereocenters. The van der Waals surface area contributed by atoms with Crippen LogP contribution < -0.4 is 4.90 Å². The maximum Gasteiger partial charge on any atom is 0.149 e. The van der Waals surface area contributed by atoms with Gasteiger partial charge >= 0.3 is 0 Å². The molecule has 1 fully saturated rings. The van der Waals surface area contributed by atoms with Gasteiger partial charge in [0.25, 0.3) is 0 Å². The monoisotopic (exact) mass is 303 g/mol. The summed E-state index contributed by atoms with van der Waals surface area (Å²) in [7, 11) is 0. The van der Waals surface area contributed by atoms with E-state index in [4.69, 9.17) is 16.3 Å². The molecule has 21 heavy (non-hydrogen) atoms. The summed E-state index contributed by atoms with van der Waals surface area (Å²) in [6.45, 7) is 5.63. The number of rotatable bonds is 2. The fraction of sp³-hybridized carbons (Fsp3) is 0.375. The minimum atomic E-state index is -0.316. The minimum absolute atomic E-state index is 0.0696. The summed E-state index contributed by atoms with van der Waals surface area (Å²) < 4.78 is 5.99. The Hall–Kier alpha value is -1.65. The molecule has 0 N–H and O–H groups in total. The summed E-state index contributed by atoms with van der Waals surface area (Å²) in [4.78, 5) is 10.8. The number of hydrogen-bond acceptors (Lipinski definition) is 4. The summed E-state index contributed by atoms with van der Waals surface area (Å²) in [5.41, 5.74) is 0.882. The van der Waals surface area contributed by atoms with E-state index >= 15 is 0 Å². The SMILES string of the molecule is CC1(C)OCCN(c2cncc(Cl)n2)C1c1ccccc1. The van der Waals surface area contributed by atoms with Gasteiger partial charge in [0.15, 0.2) is 0 Å². The average molecular weight is 304 g/mol. The van der Waals surface area contributed by atoms with Crippen molar-refractivity contribution < 1.29 is 4.74 Å². The highest BCUT2D eigenvalue weighted by Crippen LogP contribution is 2.39. The van der Waals surface area contributed by atoms with E-state index in [9.17, 15) is 0 Å². The Morgan fingerprint density at radius 1 is 1.24 bits per heavy atom. The van der Waals surface area contributed by atoms with Crippen LogP contribution >= 0.6 is 11.6 Å². The third-order valence-electron chi connectivity index (χ3n) is 3.78. The number of morpholine rings is 1. The Morgan fingerprint density at radius 3 is 2.71 bits per heavy atom. The van der Waals surface area contributed by atoms with Gasteiger partial charge in [-0.25, -0.2) is 4.98 Å². The molecule has 0 saturated carbocycles. The molecule has 5 heteroatoms. The van der Waals surface area contributed by atoms with E-state index in [1.807, 2.05) is 18.2 Å². The van der Waals surface area contributed by atoms with Gasteiger partial charge in [-0.2, -0.15) is 0 Å². The molecular formula is C16H18ClN3O. The van der Waals surface area contributed by atoms with Gasteiger partial charge in [0.05, 0.1) is 30.6 Å². The predicted molar refractivity (Wildman–Crippen MR) is 83.6 cm³/mol. The zero-order chi connectivity index (χ0) is 14.9. The first-order valence-corrected chi connectivity index (χ1v) is 7.39. The average Bonchev–Trinajstić information content (AvgIpc) is 2.47. The highest BCUT2D eigenvalue weighted by atomic mass is 35.5. The molecule has 3 rings (SSSR count). The number of aromatic nitrogens is 2. The van der Waals surface area contributed by atoms with E-state index in [0.29, 0.717) is 11.8 Å². The van der Waals surface area contributed by atoms with Crippen LogP contribution in [0.15, 0.2) is 42.7 Å². The lowest BCUT2D eigenvalue weighted by atomic mass is 9.89. The summed E-state index contributed by atoms with van der Waals surface area (Å²) in [5.74, 6) is 0.785. The maximum atomic E-state index is 6.00. The highest BCUT2D eigenvalue weighted by Gasteiger charge is 2.40. The van der Waals surface area contributed by atoms with Crippen LogP contribution in [0.3, 0.4) is 0 Å². The molecule has 0 aliphatic carbocycles. The van der Waals surface area contributed by atoms with Crippen LogP contribution in [0.4, 0.5) is 5.82 Å². The molecule has 0 spiro atoms. The van der Waals surface area contributed by atoms with Crippen molar-refractivity contribution in [2.45, 2.75) is 25.5 Å². The van der Waals surface area contributed by atoms with Crippen LogP contribution in [0.5, 0.6) is 0 Å². The Morgan fingerprint density at radius 2 is 2.00 bits per heavy atom. The molecule has 0 radical (unpaired) electrons. The van der Waals surface area contributed by atoms with Gasteiger partial charge in [0, 0.05) is 6.54 Å². The Bertz CT molecular complexity index is 618. The van der Waals surface area contributed by atoms with Crippen molar-refractivity contribution in [3.8, 4) is 0 Å². The lowest BCUT2D eigenvalue weighted by Gasteiger charge is -2.47. The first-order chi connectivity index (χ1) is 10.1. The van der Waals surface area contributed by atoms with Crippen molar-refractivity contribution in [2.75, 3.05) is 18.1 Å². The molecule has 1 aliphatic rings. The standard InChI is InChI=1S/C16H18ClN3O/c1-16(2)15(12-6-4-3-5-7-12)20(8-9-21-16)14-11-18-10-13(17)19-14/h3-7,10-11,15H,8-9H2,1-2H3. The van der Waals surface area contributed by atoms with Crippen molar-refractivity contribution in [3.05, 3.63) is 53.4 Å². The van der Waals surface area contributed by atoms with Crippen molar-refractivity contribution in [3.63, 3.8) is 0 Å². The smallest absolute Gasteiger partial charge is 0.149 e. The van der Waals surface area contributed by atoms with Crippen LogP contribution in [0.1, 0.15) is 25.5 Å². The van der Waals surface area contributed by atoms with Crippen molar-refractivity contribution in [1.82, 2.24) is 9.97 Å². The van der Waals surface area contributed by atoms with E-state index < -0.39 is 0 Å². The summed E-state index contributed by atoms with van der Waals surface area (Å²) in [5, 5.41) is 0.406. The number of anilines is 1. The van der Waals surface area contributed by atoms with Crippen LogP contribution in [0.2, 0.25) is 5.15 Å². The molecule has 110 valence electrons. The number of benzene rings is 1. The molecular weight excluding hydrogens is 286 g/mol. The number of hydrogen-bond donors (Lipinski definition) is 0. The molecule has 1 aliphatic heterocycles. The van der Waals surface area contributed by atoms with Crippen molar-refractivity contribution in [1.29, 1.82) is 0 Å². The van der Waals surface area contributed by atoms with Gasteiger partial charge in [-0.3, -0.25) is 4.98 Å². The molecule has 2 aromatic rings. The van der Waals surface area contributed by atoms with E-state index in [2.05, 4.69) is 40.8 Å². The fourth-order valence-corrected chi connectivity index (χ4v) is 3.07. The van der Waals surface area contributed by atoms with Crippen LogP contribution in [-0.4, -0.2) is 28.7 Å². The molecule has 1 atom stereocenters. The zero-order valence-electron chi connectivity index (χ0n) is 12.2. The van der Waals surface area contributed by atoms with E-state index in [0.717, 1.165) is 12.4 Å². The lowest BCUT2D eigenvalue weighted by molar-refractivity contribution is -0.0588. The summed E-state index contributed by atoms with van der Waals surface area (Å²) in [6.07, 6.45) is 3.30. The Balaban J connectivity index is 2.05. The zero-order valence-corrected chi connectivity index (χ0v) is 12.9. The van der Waals surface area contributed by atoms with Crippen LogP contribution in [0.25, 0.3) is 0 Å². The molecule has 2 heterocycles. The number of nitrogens with zero attached hydrogens (tertiary/aromatic N) is 3.